The minimum atomic E-state index is -3.91. The van der Waals surface area contributed by atoms with E-state index in [0.29, 0.717) is 13.1 Å². The maximum atomic E-state index is 11.8. The van der Waals surface area contributed by atoms with Crippen LogP contribution >= 0.6 is 0 Å². The molecule has 6 nitrogen and oxygen atoms in total. The molecule has 0 spiro atoms. The average molecular weight is 277 g/mol. The first-order valence-electron chi connectivity index (χ1n) is 6.10. The van der Waals surface area contributed by atoms with Gasteiger partial charge in [0.25, 0.3) is 0 Å². The largest absolute Gasteiger partial charge is 0.480 e. The predicted octanol–water partition coefficient (Wildman–Crippen LogP) is 0.277. The van der Waals surface area contributed by atoms with Crippen molar-refractivity contribution in [3.05, 3.63) is 0 Å². The second-order valence-electron chi connectivity index (χ2n) is 4.48. The summed E-state index contributed by atoms with van der Waals surface area (Å²) in [5.74, 6) is -2.56. The number of rotatable bonds is 5. The molecule has 1 unspecified atom stereocenters. The number of carbonyl (C=O) groups excluding carboxylic acids is 1. The highest BCUT2D eigenvalue weighted by atomic mass is 32.2. The molecular weight excluding hydrogens is 258 g/mol. The molecule has 1 rings (SSSR count). The average Bonchev–Trinajstić information content (AvgIpc) is 2.29. The summed E-state index contributed by atoms with van der Waals surface area (Å²) in [6.07, 6.45) is 2.78. The first-order chi connectivity index (χ1) is 8.38. The number of nitrogens with zero attached hydrogens (tertiary/aromatic N) is 1. The Bertz CT molecular complexity index is 411. The van der Waals surface area contributed by atoms with Gasteiger partial charge in [0.1, 0.15) is 5.75 Å². The van der Waals surface area contributed by atoms with Crippen molar-refractivity contribution < 1.29 is 23.1 Å². The molecule has 0 aliphatic carbocycles. The Kier molecular flexibility index (Phi) is 5.13. The molecule has 1 saturated heterocycles. The molecule has 0 aromatic heterocycles. The molecule has 0 bridgehead atoms. The highest BCUT2D eigenvalue weighted by Gasteiger charge is 2.34. The summed E-state index contributed by atoms with van der Waals surface area (Å²) in [6, 6.07) is 0. The van der Waals surface area contributed by atoms with Gasteiger partial charge in [-0.25, -0.2) is 8.42 Å². The van der Waals surface area contributed by atoms with E-state index in [1.807, 2.05) is 0 Å². The van der Waals surface area contributed by atoms with E-state index in [1.54, 1.807) is 0 Å². The van der Waals surface area contributed by atoms with Gasteiger partial charge in [-0.3, -0.25) is 9.59 Å². The third kappa shape index (κ3) is 3.69. The normalized spacial score (nSPS) is 18.4. The zero-order valence-corrected chi connectivity index (χ0v) is 11.3. The van der Waals surface area contributed by atoms with Crippen LogP contribution in [0.4, 0.5) is 0 Å². The first kappa shape index (κ1) is 14.9. The second kappa shape index (κ2) is 6.17. The second-order valence-corrected chi connectivity index (χ2v) is 6.67. The quantitative estimate of drug-likeness (QED) is 0.779. The van der Waals surface area contributed by atoms with E-state index in [9.17, 15) is 18.0 Å². The Morgan fingerprint density at radius 1 is 1.22 bits per heavy atom. The van der Waals surface area contributed by atoms with Gasteiger partial charge < -0.3 is 10.0 Å². The number of amides is 1. The molecule has 1 fully saturated rings. The number of carboxylic acids is 1. The fourth-order valence-electron chi connectivity index (χ4n) is 2.09. The smallest absolute Gasteiger partial charge is 0.321 e. The van der Waals surface area contributed by atoms with Gasteiger partial charge in [0.15, 0.2) is 15.1 Å². The van der Waals surface area contributed by atoms with Crippen molar-refractivity contribution in [2.45, 2.75) is 37.9 Å². The molecular formula is C11H19NO5S. The van der Waals surface area contributed by atoms with Crippen LogP contribution in [0.15, 0.2) is 0 Å². The Balaban J connectivity index is 2.69. The summed E-state index contributed by atoms with van der Waals surface area (Å²) in [4.78, 5) is 24.2. The van der Waals surface area contributed by atoms with Crippen LogP contribution in [-0.4, -0.2) is 54.4 Å². The van der Waals surface area contributed by atoms with Crippen molar-refractivity contribution in [1.82, 2.24) is 4.90 Å². The van der Waals surface area contributed by atoms with Crippen molar-refractivity contribution in [2.24, 2.45) is 0 Å². The lowest BCUT2D eigenvalue weighted by Crippen LogP contribution is -2.42. The molecule has 7 heteroatoms. The molecule has 1 heterocycles. The van der Waals surface area contributed by atoms with Crippen molar-refractivity contribution in [3.63, 3.8) is 0 Å². The molecule has 0 saturated carbocycles. The van der Waals surface area contributed by atoms with E-state index in [1.165, 1.54) is 11.8 Å². The number of piperidine rings is 1. The lowest BCUT2D eigenvalue weighted by molar-refractivity contribution is -0.136. The molecule has 0 aromatic carbocycles. The van der Waals surface area contributed by atoms with Gasteiger partial charge in [0.2, 0.25) is 5.91 Å². The standard InChI is InChI=1S/C11H19NO5S/c1-2-9(11(14)15)18(16,17)8-10(13)12-6-4-3-5-7-12/h9H,2-8H2,1H3,(H,14,15). The highest BCUT2D eigenvalue weighted by molar-refractivity contribution is 7.93. The molecule has 104 valence electrons. The number of carboxylic acid groups (broad SMARTS) is 1. The maximum Gasteiger partial charge on any atom is 0.321 e. The van der Waals surface area contributed by atoms with Crippen LogP contribution in [0.3, 0.4) is 0 Å². The van der Waals surface area contributed by atoms with Crippen LogP contribution in [0.1, 0.15) is 32.6 Å². The van der Waals surface area contributed by atoms with Gasteiger partial charge in [-0.15, -0.1) is 0 Å². The summed E-state index contributed by atoms with van der Waals surface area (Å²) in [5, 5.41) is 7.35. The fraction of sp³-hybridized carbons (Fsp3) is 0.818. The van der Waals surface area contributed by atoms with Crippen molar-refractivity contribution in [1.29, 1.82) is 0 Å². The van der Waals surface area contributed by atoms with Gasteiger partial charge in [-0.05, 0) is 25.7 Å². The summed E-state index contributed by atoms with van der Waals surface area (Å²) in [6.45, 7) is 2.62. The van der Waals surface area contributed by atoms with E-state index in [4.69, 9.17) is 5.11 Å². The van der Waals surface area contributed by atoms with Crippen molar-refractivity contribution in [3.8, 4) is 0 Å². The molecule has 0 aromatic rings. The SMILES string of the molecule is CCC(C(=O)O)S(=O)(=O)CC(=O)N1CCCCC1. The van der Waals surface area contributed by atoms with Crippen molar-refractivity contribution >= 4 is 21.7 Å². The Morgan fingerprint density at radius 3 is 2.22 bits per heavy atom. The fourth-order valence-corrected chi connectivity index (χ4v) is 3.63. The molecule has 1 aliphatic heterocycles. The van der Waals surface area contributed by atoms with E-state index in [-0.39, 0.29) is 6.42 Å². The lowest BCUT2D eigenvalue weighted by Gasteiger charge is -2.27. The van der Waals surface area contributed by atoms with Crippen LogP contribution in [0.2, 0.25) is 0 Å². The van der Waals surface area contributed by atoms with Crippen LogP contribution in [0, 0.1) is 0 Å². The number of carbonyl (C=O) groups is 2. The van der Waals surface area contributed by atoms with Gasteiger partial charge in [-0.2, -0.15) is 0 Å². The molecule has 1 aliphatic rings. The zero-order valence-electron chi connectivity index (χ0n) is 10.5. The highest BCUT2D eigenvalue weighted by Crippen LogP contribution is 2.12. The maximum absolute atomic E-state index is 11.8. The van der Waals surface area contributed by atoms with E-state index in [0.717, 1.165) is 19.3 Å². The van der Waals surface area contributed by atoms with E-state index >= 15 is 0 Å². The predicted molar refractivity (Wildman–Crippen MR) is 65.9 cm³/mol. The van der Waals surface area contributed by atoms with Gasteiger partial charge >= 0.3 is 5.97 Å². The van der Waals surface area contributed by atoms with E-state index in [2.05, 4.69) is 0 Å². The Morgan fingerprint density at radius 2 is 1.78 bits per heavy atom. The van der Waals surface area contributed by atoms with Gasteiger partial charge in [-0.1, -0.05) is 6.92 Å². The minimum Gasteiger partial charge on any atom is -0.480 e. The molecule has 0 radical (unpaired) electrons. The van der Waals surface area contributed by atoms with Crippen molar-refractivity contribution in [2.75, 3.05) is 18.8 Å². The molecule has 1 amide bonds. The topological polar surface area (TPSA) is 91.7 Å². The van der Waals surface area contributed by atoms with Crippen LogP contribution in [0.5, 0.6) is 0 Å². The lowest BCUT2D eigenvalue weighted by atomic mass is 10.1. The van der Waals surface area contributed by atoms with E-state index < -0.39 is 32.7 Å². The molecule has 1 atom stereocenters. The van der Waals surface area contributed by atoms with Crippen LogP contribution in [-0.2, 0) is 19.4 Å². The van der Waals surface area contributed by atoms with Gasteiger partial charge in [0.05, 0.1) is 0 Å². The summed E-state index contributed by atoms with van der Waals surface area (Å²) < 4.78 is 23.7. The summed E-state index contributed by atoms with van der Waals surface area (Å²) >= 11 is 0. The Labute approximate surface area is 107 Å². The number of hydrogen-bond acceptors (Lipinski definition) is 4. The van der Waals surface area contributed by atoms with Crippen LogP contribution < -0.4 is 0 Å². The minimum absolute atomic E-state index is 0.0229. The zero-order chi connectivity index (χ0) is 13.8. The number of hydrogen-bond donors (Lipinski definition) is 1. The third-order valence-corrected chi connectivity index (χ3v) is 5.16. The van der Waals surface area contributed by atoms with Crippen LogP contribution in [0.25, 0.3) is 0 Å². The Hall–Kier alpha value is -1.11. The van der Waals surface area contributed by atoms with Gasteiger partial charge in [0, 0.05) is 13.1 Å². The summed E-state index contributed by atoms with van der Waals surface area (Å²) in [7, 11) is -3.91. The number of likely N-dealkylation sites (tertiary alicyclic amines) is 1. The number of aliphatic carboxylic acids is 1. The first-order valence-corrected chi connectivity index (χ1v) is 7.82. The monoisotopic (exact) mass is 277 g/mol. The number of sulfone groups is 1. The molecule has 1 N–H and O–H groups in total. The molecule has 18 heavy (non-hydrogen) atoms. The summed E-state index contributed by atoms with van der Waals surface area (Å²) in [5.41, 5.74) is 0. The third-order valence-electron chi connectivity index (χ3n) is 3.11.